The van der Waals surface area contributed by atoms with Crippen LogP contribution in [0.1, 0.15) is 46.0 Å². The molecule has 3 rings (SSSR count). The van der Waals surface area contributed by atoms with Crippen LogP contribution >= 0.6 is 0 Å². The molecule has 0 N–H and O–H groups in total. The maximum Gasteiger partial charge on any atom is 0.127 e. The number of carbonyl (C=O) groups is 1. The Morgan fingerprint density at radius 2 is 2.25 bits per heavy atom. The molecule has 0 radical (unpaired) electrons. The van der Waals surface area contributed by atoms with E-state index in [1.807, 2.05) is 0 Å². The molecule has 0 spiro atoms. The first kappa shape index (κ1) is 13.7. The zero-order valence-corrected chi connectivity index (χ0v) is 12.6. The molecule has 0 amide bonds. The van der Waals surface area contributed by atoms with E-state index < -0.39 is 0 Å². The van der Waals surface area contributed by atoms with Crippen LogP contribution in [0.3, 0.4) is 0 Å². The smallest absolute Gasteiger partial charge is 0.127 e. The fourth-order valence-electron chi connectivity index (χ4n) is 4.01. The molecule has 2 heteroatoms. The van der Waals surface area contributed by atoms with Crippen molar-refractivity contribution in [2.45, 2.75) is 52.0 Å². The van der Waals surface area contributed by atoms with Crippen LogP contribution in [0.15, 0.2) is 35.1 Å². The highest BCUT2D eigenvalue weighted by molar-refractivity contribution is 5.60. The Kier molecular flexibility index (Phi) is 3.82. The summed E-state index contributed by atoms with van der Waals surface area (Å²) in [6, 6.07) is 0.644. The largest absolute Gasteiger partial charge is 0.368 e. The maximum atomic E-state index is 11.1. The molecule has 0 aromatic heterocycles. The molecule has 1 heterocycles. The third-order valence-electron chi connectivity index (χ3n) is 5.08. The monoisotopic (exact) mass is 271 g/mol. The van der Waals surface area contributed by atoms with E-state index in [9.17, 15) is 4.79 Å². The second-order valence-electron chi connectivity index (χ2n) is 6.48. The molecule has 3 unspecified atom stereocenters. The number of hydrogen-bond acceptors (Lipinski definition) is 2. The van der Waals surface area contributed by atoms with E-state index in [1.54, 1.807) is 5.57 Å². The number of rotatable bonds is 4. The van der Waals surface area contributed by atoms with Gasteiger partial charge in [0.15, 0.2) is 0 Å². The van der Waals surface area contributed by atoms with Crippen molar-refractivity contribution in [1.29, 1.82) is 0 Å². The predicted octanol–water partition coefficient (Wildman–Crippen LogP) is 3.86. The van der Waals surface area contributed by atoms with Gasteiger partial charge in [0.1, 0.15) is 6.29 Å². The second-order valence-corrected chi connectivity index (χ2v) is 6.48. The third-order valence-corrected chi connectivity index (χ3v) is 5.08. The van der Waals surface area contributed by atoms with Crippen LogP contribution in [-0.2, 0) is 4.79 Å². The molecule has 0 fully saturated rings. The molecule has 0 saturated carbocycles. The summed E-state index contributed by atoms with van der Waals surface area (Å²) in [6.45, 7) is 5.67. The third kappa shape index (κ3) is 2.25. The van der Waals surface area contributed by atoms with Gasteiger partial charge in [0.2, 0.25) is 0 Å². The highest BCUT2D eigenvalue weighted by Gasteiger charge is 2.41. The lowest BCUT2D eigenvalue weighted by molar-refractivity contribution is -0.109. The van der Waals surface area contributed by atoms with Crippen LogP contribution in [0.2, 0.25) is 0 Å². The van der Waals surface area contributed by atoms with Gasteiger partial charge in [-0.05, 0) is 44.3 Å². The van der Waals surface area contributed by atoms with Crippen LogP contribution < -0.4 is 0 Å². The summed E-state index contributed by atoms with van der Waals surface area (Å²) in [5, 5.41) is 0. The zero-order chi connectivity index (χ0) is 14.1. The Bertz CT molecular complexity index is 486. The summed E-state index contributed by atoms with van der Waals surface area (Å²) in [5.74, 6) is 0.756. The zero-order valence-electron chi connectivity index (χ0n) is 12.6. The number of carbonyl (C=O) groups excluding carboxylic acids is 1. The normalized spacial score (nSPS) is 32.0. The number of nitrogens with zero attached hydrogens (tertiary/aromatic N) is 1. The van der Waals surface area contributed by atoms with E-state index in [0.717, 1.165) is 12.7 Å². The Morgan fingerprint density at radius 3 is 3.00 bits per heavy atom. The topological polar surface area (TPSA) is 20.3 Å². The first-order chi connectivity index (χ1) is 9.74. The molecule has 0 saturated heterocycles. The van der Waals surface area contributed by atoms with Crippen molar-refractivity contribution in [3.05, 3.63) is 35.1 Å². The number of unbranched alkanes of at least 4 members (excludes halogenated alkanes) is 1. The Labute approximate surface area is 122 Å². The highest BCUT2D eigenvalue weighted by atomic mass is 16.1. The van der Waals surface area contributed by atoms with Gasteiger partial charge in [-0.2, -0.15) is 0 Å². The van der Waals surface area contributed by atoms with Crippen molar-refractivity contribution < 1.29 is 4.79 Å². The van der Waals surface area contributed by atoms with Crippen molar-refractivity contribution in [3.8, 4) is 0 Å². The van der Waals surface area contributed by atoms with Crippen LogP contribution in [0.4, 0.5) is 0 Å². The van der Waals surface area contributed by atoms with Crippen molar-refractivity contribution in [2.75, 3.05) is 6.54 Å². The van der Waals surface area contributed by atoms with Gasteiger partial charge < -0.3 is 9.69 Å². The molecule has 3 aliphatic rings. The van der Waals surface area contributed by atoms with Crippen LogP contribution in [-0.4, -0.2) is 23.8 Å². The molecule has 0 bridgehead atoms. The van der Waals surface area contributed by atoms with E-state index in [1.165, 1.54) is 43.5 Å². The molecule has 2 nitrogen and oxygen atoms in total. The standard InChI is InChI=1S/C18H25NO/c1-3-4-9-19-17-7-5-13(2)10-15(17)16-11-14(12-20)6-8-18(16)19/h5-6,8,12,14-15,17H,3-4,7,9-11H2,1-2H3. The Morgan fingerprint density at radius 1 is 1.40 bits per heavy atom. The Balaban J connectivity index is 1.89. The number of allylic oxidation sites excluding steroid dienone is 3. The summed E-state index contributed by atoms with van der Waals surface area (Å²) < 4.78 is 0. The molecular formula is C18H25NO. The first-order valence-corrected chi connectivity index (χ1v) is 8.03. The van der Waals surface area contributed by atoms with Crippen LogP contribution in [0.25, 0.3) is 0 Å². The van der Waals surface area contributed by atoms with E-state index >= 15 is 0 Å². The molecule has 3 atom stereocenters. The van der Waals surface area contributed by atoms with Gasteiger partial charge >= 0.3 is 0 Å². The van der Waals surface area contributed by atoms with E-state index in [0.29, 0.717) is 12.0 Å². The van der Waals surface area contributed by atoms with Crippen molar-refractivity contribution >= 4 is 6.29 Å². The van der Waals surface area contributed by atoms with E-state index in [2.05, 4.69) is 37.0 Å². The van der Waals surface area contributed by atoms with Gasteiger partial charge in [-0.25, -0.2) is 0 Å². The summed E-state index contributed by atoms with van der Waals surface area (Å²) in [6.07, 6.45) is 13.7. The molecule has 0 aromatic carbocycles. The number of fused-ring (bicyclic) bond motifs is 2. The molecule has 20 heavy (non-hydrogen) atoms. The summed E-state index contributed by atoms with van der Waals surface area (Å²) in [7, 11) is 0. The van der Waals surface area contributed by atoms with Gasteiger partial charge in [0.25, 0.3) is 0 Å². The minimum Gasteiger partial charge on any atom is -0.368 e. The minimum atomic E-state index is 0.103. The average Bonchev–Trinajstić information content (AvgIpc) is 2.77. The quantitative estimate of drug-likeness (QED) is 0.571. The van der Waals surface area contributed by atoms with Crippen molar-refractivity contribution in [3.63, 3.8) is 0 Å². The molecule has 2 aliphatic carbocycles. The lowest BCUT2D eigenvalue weighted by Crippen LogP contribution is -2.36. The SMILES string of the molecule is CCCCN1C2=C(CC(C=O)C=C2)C2CC(C)=CCC21. The van der Waals surface area contributed by atoms with Crippen LogP contribution in [0, 0.1) is 11.8 Å². The Hall–Kier alpha value is -1.31. The van der Waals surface area contributed by atoms with Gasteiger partial charge in [-0.3, -0.25) is 0 Å². The first-order valence-electron chi connectivity index (χ1n) is 8.03. The average molecular weight is 271 g/mol. The van der Waals surface area contributed by atoms with E-state index in [4.69, 9.17) is 0 Å². The highest BCUT2D eigenvalue weighted by Crippen LogP contribution is 2.46. The van der Waals surface area contributed by atoms with Gasteiger partial charge in [0, 0.05) is 30.1 Å². The summed E-state index contributed by atoms with van der Waals surface area (Å²) >= 11 is 0. The van der Waals surface area contributed by atoms with Crippen LogP contribution in [0.5, 0.6) is 0 Å². The summed E-state index contributed by atoms with van der Waals surface area (Å²) in [5.41, 5.74) is 4.51. The maximum absolute atomic E-state index is 11.1. The molecule has 0 aromatic rings. The lowest BCUT2D eigenvalue weighted by atomic mass is 9.78. The van der Waals surface area contributed by atoms with E-state index in [-0.39, 0.29) is 5.92 Å². The molecule has 108 valence electrons. The lowest BCUT2D eigenvalue weighted by Gasteiger charge is -2.34. The molecule has 1 aliphatic heterocycles. The fourth-order valence-corrected chi connectivity index (χ4v) is 4.01. The summed E-state index contributed by atoms with van der Waals surface area (Å²) in [4.78, 5) is 13.8. The number of aldehydes is 1. The van der Waals surface area contributed by atoms with Gasteiger partial charge in [-0.15, -0.1) is 0 Å². The second kappa shape index (κ2) is 5.59. The van der Waals surface area contributed by atoms with Crippen molar-refractivity contribution in [2.24, 2.45) is 11.8 Å². The predicted molar refractivity (Wildman–Crippen MR) is 82.2 cm³/mol. The number of hydrogen-bond donors (Lipinski definition) is 0. The van der Waals surface area contributed by atoms with Gasteiger partial charge in [-0.1, -0.05) is 31.1 Å². The van der Waals surface area contributed by atoms with Gasteiger partial charge in [0.05, 0.1) is 0 Å². The fraction of sp³-hybridized carbons (Fsp3) is 0.611. The van der Waals surface area contributed by atoms with Crippen molar-refractivity contribution in [1.82, 2.24) is 4.90 Å². The minimum absolute atomic E-state index is 0.103. The molecular weight excluding hydrogens is 246 g/mol.